The molecule has 0 aromatic rings. The fraction of sp³-hybridized carbons (Fsp3) is 0.788. The van der Waals surface area contributed by atoms with Crippen molar-refractivity contribution in [1.29, 1.82) is 5.26 Å². The molecule has 6 nitrogen and oxygen atoms in total. The van der Waals surface area contributed by atoms with E-state index in [1.807, 2.05) is 13.0 Å². The number of esters is 1. The number of allylic oxidation sites excluding steroid dienone is 3. The zero-order chi connectivity index (χ0) is 28.8. The molecule has 8 atom stereocenters. The Balaban J connectivity index is 1.68. The molecule has 3 saturated carbocycles. The highest BCUT2D eigenvalue weighted by atomic mass is 16.5. The second kappa shape index (κ2) is 8.68. The lowest BCUT2D eigenvalue weighted by atomic mass is 9.34. The summed E-state index contributed by atoms with van der Waals surface area (Å²) in [6.45, 7) is 13.7. The number of nitriles is 1. The van der Waals surface area contributed by atoms with Gasteiger partial charge in [0.25, 0.3) is 0 Å². The molecule has 0 aliphatic heterocycles. The molecule has 0 spiro atoms. The molecular weight excluding hydrogens is 490 g/mol. The summed E-state index contributed by atoms with van der Waals surface area (Å²) < 4.78 is 11.0. The molecule has 0 radical (unpaired) electrons. The Morgan fingerprint density at radius 1 is 1.08 bits per heavy atom. The second-order valence-corrected chi connectivity index (χ2v) is 15.3. The predicted molar refractivity (Wildman–Crippen MR) is 148 cm³/mol. The van der Waals surface area contributed by atoms with Crippen LogP contribution in [0.3, 0.4) is 0 Å². The number of hydrogen-bond acceptors (Lipinski definition) is 6. The van der Waals surface area contributed by atoms with Gasteiger partial charge in [0.1, 0.15) is 5.76 Å². The van der Waals surface area contributed by atoms with Crippen molar-refractivity contribution in [1.82, 2.24) is 0 Å². The molecule has 0 aromatic carbocycles. The Morgan fingerprint density at radius 3 is 2.36 bits per heavy atom. The molecule has 0 bridgehead atoms. The lowest BCUT2D eigenvalue weighted by Crippen LogP contribution is -2.66. The van der Waals surface area contributed by atoms with Gasteiger partial charge >= 0.3 is 5.97 Å². The van der Waals surface area contributed by atoms with E-state index >= 15 is 0 Å². The van der Waals surface area contributed by atoms with Gasteiger partial charge in [0.15, 0.2) is 5.78 Å². The van der Waals surface area contributed by atoms with Gasteiger partial charge in [-0.2, -0.15) is 5.26 Å². The molecule has 1 N–H and O–H groups in total. The van der Waals surface area contributed by atoms with E-state index < -0.39 is 16.2 Å². The monoisotopic (exact) mass is 537 g/mol. The number of ether oxygens (including phenoxy) is 2. The van der Waals surface area contributed by atoms with Crippen LogP contribution in [0, 0.1) is 61.6 Å². The lowest BCUT2D eigenvalue weighted by molar-refractivity contribution is -0.192. The van der Waals surface area contributed by atoms with Crippen molar-refractivity contribution < 1.29 is 24.2 Å². The number of nitrogens with zero attached hydrogens (tertiary/aromatic N) is 1. The largest absolute Gasteiger partial charge is 0.511 e. The maximum Gasteiger partial charge on any atom is 0.312 e. The van der Waals surface area contributed by atoms with Crippen LogP contribution in [0.5, 0.6) is 0 Å². The van der Waals surface area contributed by atoms with E-state index in [-0.39, 0.29) is 51.5 Å². The third-order valence-corrected chi connectivity index (χ3v) is 13.0. The lowest BCUT2D eigenvalue weighted by Gasteiger charge is -2.69. The average molecular weight is 538 g/mol. The van der Waals surface area contributed by atoms with E-state index in [4.69, 9.17) is 9.47 Å². The first-order chi connectivity index (χ1) is 18.1. The molecule has 6 heteroatoms. The summed E-state index contributed by atoms with van der Waals surface area (Å²) in [6, 6.07) is 2.29. The summed E-state index contributed by atoms with van der Waals surface area (Å²) in [5.41, 5.74) is -0.728. The van der Waals surface area contributed by atoms with Crippen LogP contribution in [0.4, 0.5) is 0 Å². The Hall–Kier alpha value is -2.13. The first-order valence-electron chi connectivity index (χ1n) is 14.8. The first-order valence-corrected chi connectivity index (χ1v) is 14.8. The zero-order valence-electron chi connectivity index (χ0n) is 25.2. The fourth-order valence-electron chi connectivity index (χ4n) is 10.8. The highest BCUT2D eigenvalue weighted by Crippen LogP contribution is 2.75. The van der Waals surface area contributed by atoms with Crippen LogP contribution in [0.1, 0.15) is 92.9 Å². The smallest absolute Gasteiger partial charge is 0.312 e. The third kappa shape index (κ3) is 3.47. The van der Waals surface area contributed by atoms with Gasteiger partial charge in [-0.1, -0.05) is 40.2 Å². The number of hydrogen-bond donors (Lipinski definition) is 1. The van der Waals surface area contributed by atoms with Crippen molar-refractivity contribution in [3.05, 3.63) is 23.0 Å². The molecule has 214 valence electrons. The van der Waals surface area contributed by atoms with Crippen LogP contribution in [0.15, 0.2) is 23.0 Å². The SMILES string of the molecule is COC[C@]1(C)C(O)=C(C#N)C[C@]2(C)C3=CC(=O)[C@@H]4[C@@H]5CC(C)(C)CC[C@]5(C(=O)OC)CC[C@@]4(C)[C@]3(C)CCC21. The topological polar surface area (TPSA) is 96.6 Å². The normalized spacial score (nSPS) is 46.6. The molecule has 39 heavy (non-hydrogen) atoms. The zero-order valence-corrected chi connectivity index (χ0v) is 25.2. The minimum absolute atomic E-state index is 0.0423. The molecule has 1 unspecified atom stereocenters. The van der Waals surface area contributed by atoms with Gasteiger partial charge in [0.2, 0.25) is 0 Å². The van der Waals surface area contributed by atoms with E-state index in [0.29, 0.717) is 18.6 Å². The Bertz CT molecular complexity index is 1210. The Kier molecular flexibility index (Phi) is 6.32. The van der Waals surface area contributed by atoms with Gasteiger partial charge in [0.05, 0.1) is 36.2 Å². The average Bonchev–Trinajstić information content (AvgIpc) is 2.87. The summed E-state index contributed by atoms with van der Waals surface area (Å²) >= 11 is 0. The number of aliphatic hydroxyl groups excluding tert-OH is 1. The molecule has 0 amide bonds. The molecule has 5 aliphatic rings. The van der Waals surface area contributed by atoms with Gasteiger partial charge in [-0.3, -0.25) is 9.59 Å². The number of fused-ring (bicyclic) bond motifs is 7. The van der Waals surface area contributed by atoms with E-state index in [0.717, 1.165) is 50.5 Å². The van der Waals surface area contributed by atoms with Crippen molar-refractivity contribution in [2.75, 3.05) is 20.8 Å². The van der Waals surface area contributed by atoms with Gasteiger partial charge < -0.3 is 14.6 Å². The van der Waals surface area contributed by atoms with Gasteiger partial charge in [-0.05, 0) is 97.9 Å². The predicted octanol–water partition coefficient (Wildman–Crippen LogP) is 6.71. The molecule has 0 saturated heterocycles. The van der Waals surface area contributed by atoms with Crippen LogP contribution in [-0.2, 0) is 19.1 Å². The van der Waals surface area contributed by atoms with E-state index in [1.165, 1.54) is 7.11 Å². The number of carbonyl (C=O) groups excluding carboxylic acids is 2. The standard InChI is InChI=1S/C33H47NO5/c1-28(2)11-13-33(27(37)39-8)14-12-32(6)25(21(33)17-28)22(35)15-24-29(3)16-20(18-34)26(36)30(4,19-38-7)23(29)9-10-31(24,32)5/h15,21,23,25,36H,9-14,16-17,19H2,1-8H3/t21-,23?,25-,29-,30-,31+,32+,33-/m0/s1. The van der Waals surface area contributed by atoms with E-state index in [1.54, 1.807) is 7.11 Å². The maximum atomic E-state index is 14.5. The second-order valence-electron chi connectivity index (χ2n) is 15.3. The number of aliphatic hydroxyl groups is 1. The van der Waals surface area contributed by atoms with Gasteiger partial charge in [0, 0.05) is 13.0 Å². The molecule has 3 fully saturated rings. The highest BCUT2D eigenvalue weighted by Gasteiger charge is 2.71. The minimum Gasteiger partial charge on any atom is -0.511 e. The van der Waals surface area contributed by atoms with Crippen molar-refractivity contribution >= 4 is 11.8 Å². The maximum absolute atomic E-state index is 14.5. The highest BCUT2D eigenvalue weighted by molar-refractivity contribution is 5.96. The molecule has 0 heterocycles. The Labute approximate surface area is 234 Å². The third-order valence-electron chi connectivity index (χ3n) is 13.0. The number of carbonyl (C=O) groups is 2. The van der Waals surface area contributed by atoms with Gasteiger partial charge in [-0.25, -0.2) is 0 Å². The number of methoxy groups -OCH3 is 2. The molecule has 0 aromatic heterocycles. The Morgan fingerprint density at radius 2 is 1.74 bits per heavy atom. The van der Waals surface area contributed by atoms with Crippen molar-refractivity contribution in [2.45, 2.75) is 92.9 Å². The quantitative estimate of drug-likeness (QED) is 0.402. The van der Waals surface area contributed by atoms with E-state index in [9.17, 15) is 20.0 Å². The molecule has 5 aliphatic carbocycles. The summed E-state index contributed by atoms with van der Waals surface area (Å²) in [7, 11) is 3.13. The molecule has 5 rings (SSSR count). The van der Waals surface area contributed by atoms with E-state index in [2.05, 4.69) is 40.7 Å². The van der Waals surface area contributed by atoms with Crippen LogP contribution < -0.4 is 0 Å². The number of ketones is 1. The first kappa shape index (κ1) is 28.4. The van der Waals surface area contributed by atoms with Crippen LogP contribution in [0.2, 0.25) is 0 Å². The van der Waals surface area contributed by atoms with Crippen molar-refractivity contribution in [3.63, 3.8) is 0 Å². The van der Waals surface area contributed by atoms with Crippen molar-refractivity contribution in [3.8, 4) is 6.07 Å². The van der Waals surface area contributed by atoms with Gasteiger partial charge in [-0.15, -0.1) is 0 Å². The summed E-state index contributed by atoms with van der Waals surface area (Å²) in [4.78, 5) is 27.9. The summed E-state index contributed by atoms with van der Waals surface area (Å²) in [5.74, 6) is -0.116. The summed E-state index contributed by atoms with van der Waals surface area (Å²) in [5, 5.41) is 21.3. The fourth-order valence-corrected chi connectivity index (χ4v) is 10.8. The van der Waals surface area contributed by atoms with Crippen LogP contribution in [0.25, 0.3) is 0 Å². The number of rotatable bonds is 3. The minimum atomic E-state index is -0.699. The van der Waals surface area contributed by atoms with Crippen LogP contribution >= 0.6 is 0 Å². The van der Waals surface area contributed by atoms with Crippen LogP contribution in [-0.4, -0.2) is 37.7 Å². The van der Waals surface area contributed by atoms with Crippen molar-refractivity contribution in [2.24, 2.45) is 50.2 Å². The summed E-state index contributed by atoms with van der Waals surface area (Å²) in [6.07, 6.45) is 8.25. The molecular formula is C33H47NO5.